The van der Waals surface area contributed by atoms with Crippen LogP contribution in [0.15, 0.2) is 24.3 Å². The fourth-order valence-electron chi connectivity index (χ4n) is 2.05. The fourth-order valence-corrected chi connectivity index (χ4v) is 2.05. The number of ether oxygens (including phenoxy) is 1. The number of hydrogen-bond acceptors (Lipinski definition) is 4. The molecule has 0 atom stereocenters. The van der Waals surface area contributed by atoms with Gasteiger partial charge in [0.25, 0.3) is 0 Å². The van der Waals surface area contributed by atoms with Crippen LogP contribution in [-0.2, 0) is 6.54 Å². The van der Waals surface area contributed by atoms with Crippen LogP contribution in [0.1, 0.15) is 29.9 Å². The van der Waals surface area contributed by atoms with Crippen molar-refractivity contribution < 1.29 is 14.6 Å². The third-order valence-electron chi connectivity index (χ3n) is 2.79. The van der Waals surface area contributed by atoms with Crippen LogP contribution in [0.2, 0.25) is 0 Å². The topological polar surface area (TPSA) is 71.5 Å². The first kappa shape index (κ1) is 14.3. The van der Waals surface area contributed by atoms with Gasteiger partial charge in [-0.25, -0.2) is 4.79 Å². The van der Waals surface area contributed by atoms with Crippen LogP contribution >= 0.6 is 0 Å². The van der Waals surface area contributed by atoms with Gasteiger partial charge >= 0.3 is 5.97 Å². The van der Waals surface area contributed by atoms with Crippen molar-refractivity contribution in [1.29, 1.82) is 0 Å². The molecule has 0 radical (unpaired) electrons. The van der Waals surface area contributed by atoms with Crippen LogP contribution < -0.4 is 10.1 Å². The van der Waals surface area contributed by atoms with E-state index >= 15 is 0 Å². The van der Waals surface area contributed by atoms with Crippen LogP contribution in [0, 0.1) is 0 Å². The van der Waals surface area contributed by atoms with Gasteiger partial charge < -0.3 is 15.2 Å². The predicted octanol–water partition coefficient (Wildman–Crippen LogP) is 2.44. The van der Waals surface area contributed by atoms with Crippen molar-refractivity contribution >= 4 is 16.9 Å². The Morgan fingerprint density at radius 3 is 2.75 bits per heavy atom. The zero-order chi connectivity index (χ0) is 14.7. The Kier molecular flexibility index (Phi) is 4.20. The van der Waals surface area contributed by atoms with Gasteiger partial charge in [0.2, 0.25) is 0 Å². The molecule has 2 N–H and O–H groups in total. The lowest BCUT2D eigenvalue weighted by atomic mass is 10.1. The summed E-state index contributed by atoms with van der Waals surface area (Å²) in [5, 5.41) is 12.9. The van der Waals surface area contributed by atoms with Crippen molar-refractivity contribution in [1.82, 2.24) is 10.3 Å². The fraction of sp³-hybridized carbons (Fsp3) is 0.333. The molecule has 0 saturated carbocycles. The molecule has 0 saturated heterocycles. The second kappa shape index (κ2) is 5.88. The first-order valence-electron chi connectivity index (χ1n) is 6.49. The second-order valence-electron chi connectivity index (χ2n) is 4.84. The Bertz CT molecular complexity index is 638. The quantitative estimate of drug-likeness (QED) is 0.876. The standard InChI is InChI=1S/C15H18N2O3/c1-9(2)20-11-4-5-14-12(7-11)13(15(18)19)6-10(17-14)8-16-3/h4-7,9,16H,8H2,1-3H3,(H,18,19). The van der Waals surface area contributed by atoms with Gasteiger partial charge in [-0.2, -0.15) is 0 Å². The lowest BCUT2D eigenvalue weighted by molar-refractivity contribution is 0.0699. The van der Waals surface area contributed by atoms with Gasteiger partial charge in [0.15, 0.2) is 0 Å². The highest BCUT2D eigenvalue weighted by molar-refractivity contribution is 6.03. The summed E-state index contributed by atoms with van der Waals surface area (Å²) in [6.07, 6.45) is 0.0391. The maximum absolute atomic E-state index is 11.4. The number of nitrogens with zero attached hydrogens (tertiary/aromatic N) is 1. The molecular formula is C15H18N2O3. The number of carboxylic acid groups (broad SMARTS) is 1. The van der Waals surface area contributed by atoms with E-state index in [-0.39, 0.29) is 11.7 Å². The van der Waals surface area contributed by atoms with Gasteiger partial charge in [-0.05, 0) is 45.2 Å². The van der Waals surface area contributed by atoms with Gasteiger partial charge in [-0.1, -0.05) is 0 Å². The van der Waals surface area contributed by atoms with Crippen LogP contribution in [-0.4, -0.2) is 29.2 Å². The van der Waals surface area contributed by atoms with E-state index in [0.29, 0.717) is 28.9 Å². The van der Waals surface area contributed by atoms with E-state index in [2.05, 4.69) is 10.3 Å². The van der Waals surface area contributed by atoms with E-state index in [1.165, 1.54) is 0 Å². The first-order valence-corrected chi connectivity index (χ1v) is 6.49. The summed E-state index contributed by atoms with van der Waals surface area (Å²) in [6, 6.07) is 6.93. The molecule has 1 aromatic carbocycles. The zero-order valence-corrected chi connectivity index (χ0v) is 11.8. The minimum atomic E-state index is -0.962. The Labute approximate surface area is 117 Å². The summed E-state index contributed by atoms with van der Waals surface area (Å²) in [6.45, 7) is 4.38. The Hall–Kier alpha value is -2.14. The van der Waals surface area contributed by atoms with Crippen LogP contribution in [0.3, 0.4) is 0 Å². The Morgan fingerprint density at radius 2 is 2.15 bits per heavy atom. The molecular weight excluding hydrogens is 256 g/mol. The van der Waals surface area contributed by atoms with Gasteiger partial charge in [0.05, 0.1) is 22.9 Å². The SMILES string of the molecule is CNCc1cc(C(=O)O)c2cc(OC(C)C)ccc2n1. The van der Waals surface area contributed by atoms with Gasteiger partial charge in [0.1, 0.15) is 5.75 Å². The second-order valence-corrected chi connectivity index (χ2v) is 4.84. The molecule has 0 spiro atoms. The van der Waals surface area contributed by atoms with E-state index in [1.54, 1.807) is 25.2 Å². The van der Waals surface area contributed by atoms with Crippen molar-refractivity contribution in [3.63, 3.8) is 0 Å². The number of benzene rings is 1. The summed E-state index contributed by atoms with van der Waals surface area (Å²) in [4.78, 5) is 15.9. The molecule has 20 heavy (non-hydrogen) atoms. The number of hydrogen-bond donors (Lipinski definition) is 2. The van der Waals surface area contributed by atoms with Crippen molar-refractivity contribution in [2.24, 2.45) is 0 Å². The summed E-state index contributed by atoms with van der Waals surface area (Å²) in [5.74, 6) is -0.311. The van der Waals surface area contributed by atoms with E-state index in [0.717, 1.165) is 0 Å². The van der Waals surface area contributed by atoms with Crippen molar-refractivity contribution in [3.05, 3.63) is 35.5 Å². The molecule has 5 heteroatoms. The molecule has 2 aromatic rings. The third kappa shape index (κ3) is 3.05. The summed E-state index contributed by atoms with van der Waals surface area (Å²) in [5.41, 5.74) is 1.61. The number of aromatic carboxylic acids is 1. The highest BCUT2D eigenvalue weighted by Gasteiger charge is 2.13. The molecule has 5 nitrogen and oxygen atoms in total. The Balaban J connectivity index is 2.58. The summed E-state index contributed by atoms with van der Waals surface area (Å²) in [7, 11) is 1.80. The van der Waals surface area contributed by atoms with Gasteiger partial charge in [-0.3, -0.25) is 4.98 Å². The highest BCUT2D eigenvalue weighted by atomic mass is 16.5. The number of carbonyl (C=O) groups is 1. The maximum Gasteiger partial charge on any atom is 0.336 e. The van der Waals surface area contributed by atoms with E-state index < -0.39 is 5.97 Å². The normalized spacial score (nSPS) is 11.0. The van der Waals surface area contributed by atoms with Crippen LogP contribution in [0.25, 0.3) is 10.9 Å². The Morgan fingerprint density at radius 1 is 1.40 bits per heavy atom. The molecule has 0 fully saturated rings. The average Bonchev–Trinajstić information content (AvgIpc) is 2.37. The minimum absolute atomic E-state index is 0.0391. The van der Waals surface area contributed by atoms with Crippen molar-refractivity contribution in [3.8, 4) is 5.75 Å². The number of rotatable bonds is 5. The average molecular weight is 274 g/mol. The maximum atomic E-state index is 11.4. The molecule has 106 valence electrons. The molecule has 2 rings (SSSR count). The largest absolute Gasteiger partial charge is 0.491 e. The zero-order valence-electron chi connectivity index (χ0n) is 11.8. The van der Waals surface area contributed by atoms with E-state index in [9.17, 15) is 9.90 Å². The van der Waals surface area contributed by atoms with E-state index in [4.69, 9.17) is 4.74 Å². The lowest BCUT2D eigenvalue weighted by Gasteiger charge is -2.12. The molecule has 0 aliphatic rings. The molecule has 0 bridgehead atoms. The summed E-state index contributed by atoms with van der Waals surface area (Å²) < 4.78 is 5.60. The lowest BCUT2D eigenvalue weighted by Crippen LogP contribution is -2.10. The molecule has 1 heterocycles. The molecule has 0 aliphatic carbocycles. The minimum Gasteiger partial charge on any atom is -0.491 e. The molecule has 0 unspecified atom stereocenters. The highest BCUT2D eigenvalue weighted by Crippen LogP contribution is 2.24. The number of pyridine rings is 1. The third-order valence-corrected chi connectivity index (χ3v) is 2.79. The summed E-state index contributed by atoms with van der Waals surface area (Å²) >= 11 is 0. The van der Waals surface area contributed by atoms with Crippen molar-refractivity contribution in [2.45, 2.75) is 26.5 Å². The molecule has 0 amide bonds. The van der Waals surface area contributed by atoms with Crippen LogP contribution in [0.5, 0.6) is 5.75 Å². The smallest absolute Gasteiger partial charge is 0.336 e. The van der Waals surface area contributed by atoms with Crippen molar-refractivity contribution in [2.75, 3.05) is 7.05 Å². The monoisotopic (exact) mass is 274 g/mol. The number of carboxylic acids is 1. The van der Waals surface area contributed by atoms with Gasteiger partial charge in [0, 0.05) is 11.9 Å². The number of nitrogens with one attached hydrogen (secondary N) is 1. The van der Waals surface area contributed by atoms with Crippen LogP contribution in [0.4, 0.5) is 0 Å². The number of fused-ring (bicyclic) bond motifs is 1. The van der Waals surface area contributed by atoms with E-state index in [1.807, 2.05) is 19.9 Å². The molecule has 0 aliphatic heterocycles. The number of aromatic nitrogens is 1. The predicted molar refractivity (Wildman–Crippen MR) is 77.2 cm³/mol. The molecule has 1 aromatic heterocycles. The van der Waals surface area contributed by atoms with Gasteiger partial charge in [-0.15, -0.1) is 0 Å². The first-order chi connectivity index (χ1) is 9.51.